The van der Waals surface area contributed by atoms with E-state index < -0.39 is 18.2 Å². The van der Waals surface area contributed by atoms with Gasteiger partial charge in [0.25, 0.3) is 0 Å². The molecule has 1 N–H and O–H groups in total. The van der Waals surface area contributed by atoms with Crippen LogP contribution in [0, 0.1) is 0 Å². The van der Waals surface area contributed by atoms with Gasteiger partial charge in [-0.25, -0.2) is 4.79 Å². The highest BCUT2D eigenvalue weighted by atomic mass is 16.6. The van der Waals surface area contributed by atoms with E-state index in [1.54, 1.807) is 4.90 Å². The summed E-state index contributed by atoms with van der Waals surface area (Å²) in [6.45, 7) is 4.73. The molecule has 6 nitrogen and oxygen atoms in total. The molecule has 1 aliphatic heterocycles. The lowest BCUT2D eigenvalue weighted by Gasteiger charge is -2.34. The van der Waals surface area contributed by atoms with E-state index in [4.69, 9.17) is 4.74 Å². The molecule has 1 aliphatic rings. The fraction of sp³-hybridized carbons (Fsp3) is 0.417. The highest BCUT2D eigenvalue weighted by Crippen LogP contribution is 2.28. The monoisotopic (exact) mass is 410 g/mol. The van der Waals surface area contributed by atoms with Crippen LogP contribution in [-0.4, -0.2) is 52.1 Å². The molecule has 0 radical (unpaired) electrons. The summed E-state index contributed by atoms with van der Waals surface area (Å²) in [5.74, 6) is -0.151. The first kappa shape index (κ1) is 21.8. The molecule has 3 rings (SSSR count). The Balaban J connectivity index is 1.73. The Labute approximate surface area is 178 Å². The normalized spacial score (nSPS) is 19.4. The second kappa shape index (κ2) is 10.3. The van der Waals surface area contributed by atoms with Gasteiger partial charge >= 0.3 is 6.09 Å². The first-order valence-electron chi connectivity index (χ1n) is 10.6. The number of likely N-dealkylation sites (tertiary alicyclic amines) is 1. The van der Waals surface area contributed by atoms with Crippen molar-refractivity contribution in [1.82, 2.24) is 9.80 Å². The summed E-state index contributed by atoms with van der Waals surface area (Å²) in [6, 6.07) is 18.5. The van der Waals surface area contributed by atoms with Crippen molar-refractivity contribution in [2.24, 2.45) is 0 Å². The number of likely N-dealkylation sites (N-methyl/N-ethyl adjacent to an activating group) is 1. The standard InChI is InChI=1S/C24H30N2O4/c1-3-21(19-13-9-6-10-14-19)25(4-2)23(28)22-15-20(27)16-26(22)24(29)30-17-18-11-7-5-8-12-18/h5-14,20-22,27H,3-4,15-17H2,1-2H3/t20?,21?,22-/m0/s1. The van der Waals surface area contributed by atoms with Crippen molar-refractivity contribution in [2.45, 2.75) is 51.5 Å². The zero-order chi connectivity index (χ0) is 21.5. The van der Waals surface area contributed by atoms with E-state index in [1.165, 1.54) is 4.90 Å². The number of β-amino-alcohol motifs (C(OH)–C–C–N with tert-alkyl or cyclic N) is 1. The first-order chi connectivity index (χ1) is 14.5. The van der Waals surface area contributed by atoms with Crippen LogP contribution in [-0.2, 0) is 16.1 Å². The number of hydrogen-bond acceptors (Lipinski definition) is 4. The summed E-state index contributed by atoms with van der Waals surface area (Å²) in [5, 5.41) is 10.2. The topological polar surface area (TPSA) is 70.1 Å². The van der Waals surface area contributed by atoms with Crippen molar-refractivity contribution >= 4 is 12.0 Å². The van der Waals surface area contributed by atoms with Gasteiger partial charge in [0.05, 0.1) is 18.7 Å². The van der Waals surface area contributed by atoms with Crippen molar-refractivity contribution in [3.05, 3.63) is 71.8 Å². The lowest BCUT2D eigenvalue weighted by atomic mass is 10.0. The SMILES string of the molecule is CCC(c1ccccc1)N(CC)C(=O)[C@@H]1CC(O)CN1C(=O)OCc1ccccc1. The Hall–Kier alpha value is -2.86. The predicted molar refractivity (Wildman–Crippen MR) is 115 cm³/mol. The number of amides is 2. The van der Waals surface area contributed by atoms with Gasteiger partial charge in [-0.05, 0) is 24.5 Å². The van der Waals surface area contributed by atoms with Gasteiger partial charge in [-0.1, -0.05) is 67.6 Å². The minimum atomic E-state index is -0.737. The van der Waals surface area contributed by atoms with Crippen molar-refractivity contribution in [3.63, 3.8) is 0 Å². The van der Waals surface area contributed by atoms with E-state index in [2.05, 4.69) is 0 Å². The average Bonchev–Trinajstić information content (AvgIpc) is 3.18. The molecule has 2 amide bonds. The number of aliphatic hydroxyl groups excluding tert-OH is 1. The van der Waals surface area contributed by atoms with Gasteiger partial charge in [0.15, 0.2) is 0 Å². The molecule has 2 aromatic carbocycles. The Kier molecular flexibility index (Phi) is 7.46. The Morgan fingerprint density at radius 3 is 2.33 bits per heavy atom. The van der Waals surface area contributed by atoms with Crippen molar-refractivity contribution in [2.75, 3.05) is 13.1 Å². The Morgan fingerprint density at radius 1 is 1.10 bits per heavy atom. The van der Waals surface area contributed by atoms with E-state index >= 15 is 0 Å². The van der Waals surface area contributed by atoms with Gasteiger partial charge in [0, 0.05) is 13.0 Å². The predicted octanol–water partition coefficient (Wildman–Crippen LogP) is 3.76. The lowest BCUT2D eigenvalue weighted by Crippen LogP contribution is -2.49. The maximum atomic E-state index is 13.5. The van der Waals surface area contributed by atoms with Gasteiger partial charge < -0.3 is 14.7 Å². The van der Waals surface area contributed by atoms with Gasteiger partial charge in [-0.15, -0.1) is 0 Å². The summed E-state index contributed by atoms with van der Waals surface area (Å²) in [4.78, 5) is 29.3. The summed E-state index contributed by atoms with van der Waals surface area (Å²) >= 11 is 0. The first-order valence-corrected chi connectivity index (χ1v) is 10.6. The second-order valence-electron chi connectivity index (χ2n) is 7.56. The van der Waals surface area contributed by atoms with Crippen LogP contribution in [0.15, 0.2) is 60.7 Å². The summed E-state index contributed by atoms with van der Waals surface area (Å²) < 4.78 is 5.43. The highest BCUT2D eigenvalue weighted by Gasteiger charge is 2.42. The van der Waals surface area contributed by atoms with Crippen molar-refractivity contribution in [1.29, 1.82) is 0 Å². The highest BCUT2D eigenvalue weighted by molar-refractivity contribution is 5.86. The van der Waals surface area contributed by atoms with Gasteiger partial charge in [-0.2, -0.15) is 0 Å². The summed E-state index contributed by atoms with van der Waals surface area (Å²) in [6.07, 6.45) is -0.325. The van der Waals surface area contributed by atoms with Crippen LogP contribution in [0.5, 0.6) is 0 Å². The smallest absolute Gasteiger partial charge is 0.410 e. The third-order valence-electron chi connectivity index (χ3n) is 5.57. The number of ether oxygens (including phenoxy) is 1. The maximum Gasteiger partial charge on any atom is 0.410 e. The van der Waals surface area contributed by atoms with Crippen LogP contribution in [0.2, 0.25) is 0 Å². The zero-order valence-corrected chi connectivity index (χ0v) is 17.6. The molecule has 1 saturated heterocycles. The van der Waals surface area contributed by atoms with Gasteiger partial charge in [-0.3, -0.25) is 9.69 Å². The van der Waals surface area contributed by atoms with Crippen LogP contribution >= 0.6 is 0 Å². The fourth-order valence-electron chi connectivity index (χ4n) is 4.08. The number of hydrogen-bond donors (Lipinski definition) is 1. The Bertz CT molecular complexity index is 828. The third-order valence-corrected chi connectivity index (χ3v) is 5.57. The molecule has 30 heavy (non-hydrogen) atoms. The van der Waals surface area contributed by atoms with Crippen LogP contribution in [0.25, 0.3) is 0 Å². The molecule has 0 bridgehead atoms. The van der Waals surface area contributed by atoms with Gasteiger partial charge in [0.1, 0.15) is 12.6 Å². The molecule has 2 aromatic rings. The molecule has 2 unspecified atom stereocenters. The summed E-state index contributed by atoms with van der Waals surface area (Å²) in [5.41, 5.74) is 1.94. The van der Waals surface area contributed by atoms with E-state index in [1.807, 2.05) is 74.5 Å². The molecule has 160 valence electrons. The second-order valence-corrected chi connectivity index (χ2v) is 7.56. The number of carbonyl (C=O) groups is 2. The molecule has 0 spiro atoms. The molecule has 3 atom stereocenters. The minimum Gasteiger partial charge on any atom is -0.445 e. The molecule has 0 saturated carbocycles. The molecule has 0 aliphatic carbocycles. The average molecular weight is 411 g/mol. The van der Waals surface area contributed by atoms with E-state index in [0.717, 1.165) is 17.5 Å². The van der Waals surface area contributed by atoms with Crippen LogP contribution in [0.1, 0.15) is 43.9 Å². The fourth-order valence-corrected chi connectivity index (χ4v) is 4.08. The quantitative estimate of drug-likeness (QED) is 0.755. The zero-order valence-electron chi connectivity index (χ0n) is 17.6. The lowest BCUT2D eigenvalue weighted by molar-refractivity contribution is -0.138. The minimum absolute atomic E-state index is 0.0800. The number of carbonyl (C=O) groups excluding carboxylic acids is 2. The molecule has 6 heteroatoms. The molecule has 0 aromatic heterocycles. The van der Waals surface area contributed by atoms with E-state index in [0.29, 0.717) is 6.54 Å². The van der Waals surface area contributed by atoms with E-state index in [9.17, 15) is 14.7 Å². The molecular formula is C24H30N2O4. The van der Waals surface area contributed by atoms with Crippen LogP contribution in [0.3, 0.4) is 0 Å². The van der Waals surface area contributed by atoms with Crippen molar-refractivity contribution < 1.29 is 19.4 Å². The number of aliphatic hydroxyl groups is 1. The van der Waals surface area contributed by atoms with E-state index in [-0.39, 0.29) is 31.5 Å². The molecule has 1 heterocycles. The maximum absolute atomic E-state index is 13.5. The molecule has 1 fully saturated rings. The largest absolute Gasteiger partial charge is 0.445 e. The number of rotatable bonds is 7. The van der Waals surface area contributed by atoms with Crippen LogP contribution in [0.4, 0.5) is 4.79 Å². The number of benzene rings is 2. The Morgan fingerprint density at radius 2 is 1.73 bits per heavy atom. The summed E-state index contributed by atoms with van der Waals surface area (Å²) in [7, 11) is 0. The van der Waals surface area contributed by atoms with Gasteiger partial charge in [0.2, 0.25) is 5.91 Å². The van der Waals surface area contributed by atoms with Crippen molar-refractivity contribution in [3.8, 4) is 0 Å². The number of nitrogens with zero attached hydrogens (tertiary/aromatic N) is 2. The molecular weight excluding hydrogens is 380 g/mol. The third kappa shape index (κ3) is 5.00. The van der Waals surface area contributed by atoms with Crippen LogP contribution < -0.4 is 0 Å².